The molecule has 0 aliphatic carbocycles. The van der Waals surface area contributed by atoms with Crippen LogP contribution in [0.4, 0.5) is 10.1 Å². The summed E-state index contributed by atoms with van der Waals surface area (Å²) in [7, 11) is 0. The van der Waals surface area contributed by atoms with Gasteiger partial charge in [0.05, 0.1) is 17.4 Å². The normalized spacial score (nSPS) is 10.4. The molecular weight excluding hydrogens is 241 g/mol. The number of carboxylic acid groups (broad SMARTS) is 1. The van der Waals surface area contributed by atoms with E-state index in [1.54, 1.807) is 13.8 Å². The molecule has 0 atom stereocenters. The fraction of sp³-hybridized carbons (Fsp3) is 0.333. The lowest BCUT2D eigenvalue weighted by molar-refractivity contribution is -0.121. The first kappa shape index (κ1) is 14.1. The summed E-state index contributed by atoms with van der Waals surface area (Å²) in [5, 5.41) is 11.0. The first-order valence-electron chi connectivity index (χ1n) is 5.34. The van der Waals surface area contributed by atoms with Crippen molar-refractivity contribution in [3.8, 4) is 0 Å². The zero-order valence-corrected chi connectivity index (χ0v) is 10.1. The molecule has 0 aromatic heterocycles. The number of amides is 1. The summed E-state index contributed by atoms with van der Waals surface area (Å²) in [5.41, 5.74) is -0.274. The van der Waals surface area contributed by atoms with E-state index in [-0.39, 0.29) is 24.0 Å². The van der Waals surface area contributed by atoms with E-state index in [0.717, 1.165) is 18.2 Å². The van der Waals surface area contributed by atoms with Crippen LogP contribution in [0.2, 0.25) is 0 Å². The Hall–Kier alpha value is -1.95. The van der Waals surface area contributed by atoms with Crippen LogP contribution < -0.4 is 5.32 Å². The van der Waals surface area contributed by atoms with E-state index in [1.165, 1.54) is 0 Å². The fourth-order valence-electron chi connectivity index (χ4n) is 1.18. The average molecular weight is 255 g/mol. The predicted molar refractivity (Wildman–Crippen MR) is 63.1 cm³/mol. The van der Waals surface area contributed by atoms with E-state index in [9.17, 15) is 14.0 Å². The minimum atomic E-state index is -1.19. The second kappa shape index (κ2) is 6.11. The SMILES string of the molecule is CC(C)OCC(=O)Nc1cc(C(=O)O)ccc1F. The minimum absolute atomic E-state index is 0.100. The molecule has 1 aromatic carbocycles. The van der Waals surface area contributed by atoms with Gasteiger partial charge in [0, 0.05) is 0 Å². The Morgan fingerprint density at radius 3 is 2.67 bits per heavy atom. The number of halogens is 1. The highest BCUT2D eigenvalue weighted by atomic mass is 19.1. The maximum Gasteiger partial charge on any atom is 0.335 e. The summed E-state index contributed by atoms with van der Waals surface area (Å²) in [4.78, 5) is 22.1. The second-order valence-electron chi connectivity index (χ2n) is 3.91. The van der Waals surface area contributed by atoms with E-state index in [1.807, 2.05) is 0 Å². The van der Waals surface area contributed by atoms with Gasteiger partial charge in [-0.15, -0.1) is 0 Å². The van der Waals surface area contributed by atoms with Crippen LogP contribution >= 0.6 is 0 Å². The van der Waals surface area contributed by atoms with Crippen molar-refractivity contribution in [1.29, 1.82) is 0 Å². The van der Waals surface area contributed by atoms with Gasteiger partial charge >= 0.3 is 5.97 Å². The molecule has 1 aromatic rings. The molecule has 0 heterocycles. The molecular formula is C12H14FNO4. The zero-order valence-electron chi connectivity index (χ0n) is 10.1. The number of hydrogen-bond donors (Lipinski definition) is 2. The topological polar surface area (TPSA) is 75.6 Å². The maximum absolute atomic E-state index is 13.3. The molecule has 0 saturated carbocycles. The monoisotopic (exact) mass is 255 g/mol. The Kier molecular flexibility index (Phi) is 4.79. The number of carbonyl (C=O) groups is 2. The molecule has 6 heteroatoms. The molecule has 0 aliphatic heterocycles. The summed E-state index contributed by atoms with van der Waals surface area (Å²) < 4.78 is 18.4. The number of ether oxygens (including phenoxy) is 1. The molecule has 0 radical (unpaired) electrons. The number of aromatic carboxylic acids is 1. The molecule has 1 amide bonds. The maximum atomic E-state index is 13.3. The number of carboxylic acids is 1. The van der Waals surface area contributed by atoms with Gasteiger partial charge in [0.25, 0.3) is 0 Å². The van der Waals surface area contributed by atoms with Crippen LogP contribution in [0.5, 0.6) is 0 Å². The third-order valence-corrected chi connectivity index (χ3v) is 2.04. The van der Waals surface area contributed by atoms with Gasteiger partial charge in [0.1, 0.15) is 12.4 Å². The smallest absolute Gasteiger partial charge is 0.335 e. The molecule has 0 aliphatic rings. The Morgan fingerprint density at radius 1 is 1.44 bits per heavy atom. The summed E-state index contributed by atoms with van der Waals surface area (Å²) in [5.74, 6) is -2.42. The molecule has 98 valence electrons. The van der Waals surface area contributed by atoms with Crippen LogP contribution in [0.15, 0.2) is 18.2 Å². The Morgan fingerprint density at radius 2 is 2.11 bits per heavy atom. The average Bonchev–Trinajstić information content (AvgIpc) is 2.29. The molecule has 0 fully saturated rings. The Bertz CT molecular complexity index is 459. The van der Waals surface area contributed by atoms with Crippen LogP contribution in [-0.2, 0) is 9.53 Å². The van der Waals surface area contributed by atoms with Gasteiger partial charge in [-0.25, -0.2) is 9.18 Å². The van der Waals surface area contributed by atoms with E-state index < -0.39 is 17.7 Å². The van der Waals surface area contributed by atoms with Gasteiger partial charge in [0.15, 0.2) is 0 Å². The molecule has 0 bridgehead atoms. The molecule has 0 saturated heterocycles. The van der Waals surface area contributed by atoms with Gasteiger partial charge in [-0.05, 0) is 32.0 Å². The fourth-order valence-corrected chi connectivity index (χ4v) is 1.18. The van der Waals surface area contributed by atoms with Gasteiger partial charge < -0.3 is 15.2 Å². The molecule has 18 heavy (non-hydrogen) atoms. The van der Waals surface area contributed by atoms with Crippen molar-refractivity contribution >= 4 is 17.6 Å². The molecule has 0 spiro atoms. The third kappa shape index (κ3) is 4.14. The first-order chi connectivity index (χ1) is 8.40. The lowest BCUT2D eigenvalue weighted by Crippen LogP contribution is -2.21. The number of rotatable bonds is 5. The van der Waals surface area contributed by atoms with Crippen LogP contribution in [0, 0.1) is 5.82 Å². The van der Waals surface area contributed by atoms with Crippen LogP contribution in [0.3, 0.4) is 0 Å². The number of nitrogens with one attached hydrogen (secondary N) is 1. The van der Waals surface area contributed by atoms with Crippen molar-refractivity contribution in [2.45, 2.75) is 20.0 Å². The van der Waals surface area contributed by atoms with Crippen molar-refractivity contribution in [2.75, 3.05) is 11.9 Å². The highest BCUT2D eigenvalue weighted by Crippen LogP contribution is 2.16. The van der Waals surface area contributed by atoms with Crippen LogP contribution in [0.25, 0.3) is 0 Å². The molecule has 1 rings (SSSR count). The quantitative estimate of drug-likeness (QED) is 0.842. The number of anilines is 1. The predicted octanol–water partition coefficient (Wildman–Crippen LogP) is 1.89. The van der Waals surface area contributed by atoms with Crippen molar-refractivity contribution in [3.05, 3.63) is 29.6 Å². The summed E-state index contributed by atoms with van der Waals surface area (Å²) in [6.45, 7) is 3.31. The van der Waals surface area contributed by atoms with Crippen LogP contribution in [0.1, 0.15) is 24.2 Å². The summed E-state index contributed by atoms with van der Waals surface area (Å²) in [6.07, 6.45) is -0.119. The van der Waals surface area contributed by atoms with Gasteiger partial charge in [-0.3, -0.25) is 4.79 Å². The van der Waals surface area contributed by atoms with E-state index in [4.69, 9.17) is 9.84 Å². The summed E-state index contributed by atoms with van der Waals surface area (Å²) in [6, 6.07) is 3.17. The Labute approximate surface area is 104 Å². The van der Waals surface area contributed by atoms with Gasteiger partial charge in [-0.2, -0.15) is 0 Å². The molecule has 5 nitrogen and oxygen atoms in total. The molecule has 0 unspecified atom stereocenters. The molecule has 2 N–H and O–H groups in total. The number of carbonyl (C=O) groups excluding carboxylic acids is 1. The van der Waals surface area contributed by atoms with E-state index >= 15 is 0 Å². The minimum Gasteiger partial charge on any atom is -0.478 e. The zero-order chi connectivity index (χ0) is 13.7. The number of benzene rings is 1. The highest BCUT2D eigenvalue weighted by Gasteiger charge is 2.11. The first-order valence-corrected chi connectivity index (χ1v) is 5.34. The van der Waals surface area contributed by atoms with Crippen molar-refractivity contribution in [2.24, 2.45) is 0 Å². The van der Waals surface area contributed by atoms with Crippen LogP contribution in [-0.4, -0.2) is 29.7 Å². The van der Waals surface area contributed by atoms with Crippen molar-refractivity contribution < 1.29 is 23.8 Å². The lowest BCUT2D eigenvalue weighted by Gasteiger charge is -2.09. The van der Waals surface area contributed by atoms with Gasteiger partial charge in [-0.1, -0.05) is 0 Å². The van der Waals surface area contributed by atoms with Gasteiger partial charge in [0.2, 0.25) is 5.91 Å². The lowest BCUT2D eigenvalue weighted by atomic mass is 10.2. The van der Waals surface area contributed by atoms with Crippen molar-refractivity contribution in [1.82, 2.24) is 0 Å². The largest absolute Gasteiger partial charge is 0.478 e. The summed E-state index contributed by atoms with van der Waals surface area (Å²) >= 11 is 0. The third-order valence-electron chi connectivity index (χ3n) is 2.04. The number of hydrogen-bond acceptors (Lipinski definition) is 3. The highest BCUT2D eigenvalue weighted by molar-refractivity contribution is 5.94. The van der Waals surface area contributed by atoms with E-state index in [2.05, 4.69) is 5.32 Å². The standard InChI is InChI=1S/C12H14FNO4/c1-7(2)18-6-11(15)14-10-5-8(12(16)17)3-4-9(10)13/h3-5,7H,6H2,1-2H3,(H,14,15)(H,16,17). The Balaban J connectivity index is 2.74. The second-order valence-corrected chi connectivity index (χ2v) is 3.91. The van der Waals surface area contributed by atoms with E-state index in [0.29, 0.717) is 0 Å². The van der Waals surface area contributed by atoms with Crippen molar-refractivity contribution in [3.63, 3.8) is 0 Å².